The Morgan fingerprint density at radius 2 is 1.76 bits per heavy atom. The molecule has 0 spiro atoms. The zero-order chi connectivity index (χ0) is 21.0. The summed E-state index contributed by atoms with van der Waals surface area (Å²) in [6.45, 7) is 11.0. The van der Waals surface area contributed by atoms with Crippen LogP contribution in [0, 0.1) is 13.8 Å². The highest BCUT2D eigenvalue weighted by Gasteiger charge is 2.18. The van der Waals surface area contributed by atoms with E-state index in [0.717, 1.165) is 29.8 Å². The van der Waals surface area contributed by atoms with Crippen LogP contribution < -0.4 is 5.32 Å². The van der Waals surface area contributed by atoms with Crippen molar-refractivity contribution in [2.45, 2.75) is 66.0 Å². The van der Waals surface area contributed by atoms with Crippen LogP contribution in [0.5, 0.6) is 0 Å². The molecular weight excluding hydrogens is 362 g/mol. The summed E-state index contributed by atoms with van der Waals surface area (Å²) in [5.41, 5.74) is 4.48. The van der Waals surface area contributed by atoms with E-state index in [2.05, 4.69) is 55.5 Å². The molecule has 2 atom stereocenters. The first-order valence-electron chi connectivity index (χ1n) is 10.4. The molecule has 3 aromatic rings. The highest BCUT2D eigenvalue weighted by Crippen LogP contribution is 2.23. The maximum atomic E-state index is 12.7. The van der Waals surface area contributed by atoms with Crippen molar-refractivity contribution in [3.05, 3.63) is 76.5 Å². The molecule has 5 nitrogen and oxygen atoms in total. The summed E-state index contributed by atoms with van der Waals surface area (Å²) in [5.74, 6) is 1.40. The second-order valence-corrected chi connectivity index (χ2v) is 7.76. The van der Waals surface area contributed by atoms with Gasteiger partial charge in [0.1, 0.15) is 5.76 Å². The second-order valence-electron chi connectivity index (χ2n) is 7.76. The van der Waals surface area contributed by atoms with Gasteiger partial charge in [-0.1, -0.05) is 45.0 Å². The predicted octanol–water partition coefficient (Wildman–Crippen LogP) is 5.54. The fourth-order valence-electron chi connectivity index (χ4n) is 3.51. The smallest absolute Gasteiger partial charge is 0.287 e. The summed E-state index contributed by atoms with van der Waals surface area (Å²) in [7, 11) is 0. The molecule has 0 saturated carbocycles. The fourth-order valence-corrected chi connectivity index (χ4v) is 3.51. The van der Waals surface area contributed by atoms with Gasteiger partial charge in [0.05, 0.1) is 18.3 Å². The van der Waals surface area contributed by atoms with E-state index in [1.807, 2.05) is 30.7 Å². The minimum Gasteiger partial charge on any atom is -0.454 e. The summed E-state index contributed by atoms with van der Waals surface area (Å²) >= 11 is 0. The SMILES string of the molecule is CCC(C)c1ccc(C(CC)NC(=O)c2ccc(Cn3nc(C)cc3C)o2)cc1. The van der Waals surface area contributed by atoms with Crippen molar-refractivity contribution in [1.29, 1.82) is 0 Å². The van der Waals surface area contributed by atoms with Gasteiger partial charge in [-0.15, -0.1) is 0 Å². The van der Waals surface area contributed by atoms with Crippen molar-refractivity contribution in [2.75, 3.05) is 0 Å². The minimum atomic E-state index is -0.192. The number of aryl methyl sites for hydroxylation is 2. The minimum absolute atomic E-state index is 0.0435. The first kappa shape index (κ1) is 20.9. The zero-order valence-corrected chi connectivity index (χ0v) is 18.0. The van der Waals surface area contributed by atoms with Gasteiger partial charge in [0.25, 0.3) is 5.91 Å². The maximum absolute atomic E-state index is 12.7. The first-order valence-corrected chi connectivity index (χ1v) is 10.4. The second kappa shape index (κ2) is 9.12. The van der Waals surface area contributed by atoms with Crippen molar-refractivity contribution >= 4 is 5.91 Å². The van der Waals surface area contributed by atoms with Crippen LogP contribution in [0.25, 0.3) is 0 Å². The Morgan fingerprint density at radius 1 is 1.07 bits per heavy atom. The van der Waals surface area contributed by atoms with Gasteiger partial charge in [0.15, 0.2) is 5.76 Å². The predicted molar refractivity (Wildman–Crippen MR) is 115 cm³/mol. The van der Waals surface area contributed by atoms with Crippen LogP contribution in [-0.2, 0) is 6.54 Å². The van der Waals surface area contributed by atoms with Gasteiger partial charge in [-0.05, 0) is 61.9 Å². The van der Waals surface area contributed by atoms with E-state index in [4.69, 9.17) is 4.42 Å². The van der Waals surface area contributed by atoms with Crippen molar-refractivity contribution in [1.82, 2.24) is 15.1 Å². The molecule has 1 amide bonds. The highest BCUT2D eigenvalue weighted by molar-refractivity contribution is 5.91. The molecule has 0 saturated heterocycles. The number of amides is 1. The van der Waals surface area contributed by atoms with Crippen molar-refractivity contribution in [3.63, 3.8) is 0 Å². The number of hydrogen-bond donors (Lipinski definition) is 1. The Labute approximate surface area is 173 Å². The first-order chi connectivity index (χ1) is 13.9. The molecule has 5 heteroatoms. The van der Waals surface area contributed by atoms with Gasteiger partial charge in [-0.2, -0.15) is 5.10 Å². The van der Waals surface area contributed by atoms with Crippen molar-refractivity contribution in [2.24, 2.45) is 0 Å². The number of rotatable bonds is 8. The van der Waals surface area contributed by atoms with Gasteiger partial charge in [-0.25, -0.2) is 0 Å². The van der Waals surface area contributed by atoms with Gasteiger partial charge in [-0.3, -0.25) is 9.48 Å². The van der Waals surface area contributed by atoms with E-state index in [9.17, 15) is 4.79 Å². The van der Waals surface area contributed by atoms with Crippen LogP contribution in [0.15, 0.2) is 46.9 Å². The standard InChI is InChI=1S/C24H31N3O2/c1-6-16(3)19-8-10-20(11-9-19)22(7-2)25-24(28)23-13-12-21(29-23)15-27-18(5)14-17(4)26-27/h8-14,16,22H,6-7,15H2,1-5H3,(H,25,28). The van der Waals surface area contributed by atoms with E-state index in [1.165, 1.54) is 5.56 Å². The maximum Gasteiger partial charge on any atom is 0.287 e. The number of benzene rings is 1. The van der Waals surface area contributed by atoms with Gasteiger partial charge in [0, 0.05) is 5.69 Å². The Kier molecular flexibility index (Phi) is 6.57. The number of hydrogen-bond acceptors (Lipinski definition) is 3. The van der Waals surface area contributed by atoms with Gasteiger partial charge in [0.2, 0.25) is 0 Å². The summed E-state index contributed by atoms with van der Waals surface area (Å²) in [6, 6.07) is 14.1. The third kappa shape index (κ3) is 4.97. The number of aromatic nitrogens is 2. The number of nitrogens with zero attached hydrogens (tertiary/aromatic N) is 2. The van der Waals surface area contributed by atoms with E-state index in [0.29, 0.717) is 24.0 Å². The molecule has 2 heterocycles. The quantitative estimate of drug-likeness (QED) is 0.547. The topological polar surface area (TPSA) is 60.1 Å². The molecular formula is C24H31N3O2. The Bertz CT molecular complexity index is 953. The molecule has 29 heavy (non-hydrogen) atoms. The Balaban J connectivity index is 1.67. The largest absolute Gasteiger partial charge is 0.454 e. The average molecular weight is 394 g/mol. The van der Waals surface area contributed by atoms with Crippen LogP contribution >= 0.6 is 0 Å². The third-order valence-corrected chi connectivity index (χ3v) is 5.53. The lowest BCUT2D eigenvalue weighted by atomic mass is 9.95. The molecule has 3 rings (SSSR count). The van der Waals surface area contributed by atoms with Crippen LogP contribution in [0.2, 0.25) is 0 Å². The van der Waals surface area contributed by atoms with Crippen LogP contribution in [-0.4, -0.2) is 15.7 Å². The summed E-state index contributed by atoms with van der Waals surface area (Å²) in [4.78, 5) is 12.7. The summed E-state index contributed by atoms with van der Waals surface area (Å²) in [6.07, 6.45) is 1.93. The number of nitrogens with one attached hydrogen (secondary N) is 1. The van der Waals surface area contributed by atoms with Crippen LogP contribution in [0.3, 0.4) is 0 Å². The normalized spacial score (nSPS) is 13.3. The van der Waals surface area contributed by atoms with E-state index in [-0.39, 0.29) is 11.9 Å². The summed E-state index contributed by atoms with van der Waals surface area (Å²) < 4.78 is 7.67. The molecule has 2 unspecified atom stereocenters. The molecule has 154 valence electrons. The lowest BCUT2D eigenvalue weighted by molar-refractivity contribution is 0.0905. The number of furan rings is 1. The monoisotopic (exact) mass is 393 g/mol. The summed E-state index contributed by atoms with van der Waals surface area (Å²) in [5, 5.41) is 7.54. The van der Waals surface area contributed by atoms with E-state index >= 15 is 0 Å². The lowest BCUT2D eigenvalue weighted by Gasteiger charge is -2.18. The Hall–Kier alpha value is -2.82. The fraction of sp³-hybridized carbons (Fsp3) is 0.417. The molecule has 2 aromatic heterocycles. The van der Waals surface area contributed by atoms with Crippen LogP contribution in [0.4, 0.5) is 0 Å². The molecule has 0 radical (unpaired) electrons. The molecule has 1 N–H and O–H groups in total. The number of carbonyl (C=O) groups is 1. The number of carbonyl (C=O) groups excluding carboxylic acids is 1. The van der Waals surface area contributed by atoms with E-state index < -0.39 is 0 Å². The van der Waals surface area contributed by atoms with Crippen LogP contribution in [0.1, 0.15) is 84.4 Å². The Morgan fingerprint density at radius 3 is 2.34 bits per heavy atom. The van der Waals surface area contributed by atoms with Crippen molar-refractivity contribution < 1.29 is 9.21 Å². The van der Waals surface area contributed by atoms with Gasteiger partial charge >= 0.3 is 0 Å². The zero-order valence-electron chi connectivity index (χ0n) is 18.0. The average Bonchev–Trinajstić information content (AvgIpc) is 3.31. The van der Waals surface area contributed by atoms with Crippen molar-refractivity contribution in [3.8, 4) is 0 Å². The molecule has 0 aliphatic rings. The highest BCUT2D eigenvalue weighted by atomic mass is 16.4. The third-order valence-electron chi connectivity index (χ3n) is 5.53. The lowest BCUT2D eigenvalue weighted by Crippen LogP contribution is -2.27. The molecule has 0 aliphatic heterocycles. The van der Waals surface area contributed by atoms with E-state index in [1.54, 1.807) is 6.07 Å². The van der Waals surface area contributed by atoms with Gasteiger partial charge < -0.3 is 9.73 Å². The molecule has 1 aromatic carbocycles. The molecule has 0 fully saturated rings. The molecule has 0 aliphatic carbocycles. The molecule has 0 bridgehead atoms.